The van der Waals surface area contributed by atoms with E-state index in [1.165, 1.54) is 0 Å². The molecule has 5 heteroatoms. The molecule has 1 atom stereocenters. The van der Waals surface area contributed by atoms with E-state index in [0.717, 1.165) is 12.0 Å². The smallest absolute Gasteiger partial charge is 0.243 e. The lowest BCUT2D eigenvalue weighted by molar-refractivity contribution is 0.352. The van der Waals surface area contributed by atoms with Gasteiger partial charge in [0.1, 0.15) is 6.26 Å². The number of rotatable bonds is 3. The minimum absolute atomic E-state index is 0.192. The first-order valence-corrected chi connectivity index (χ1v) is 4.43. The summed E-state index contributed by atoms with van der Waals surface area (Å²) in [4.78, 5) is 4.16. The molecule has 74 valence electrons. The van der Waals surface area contributed by atoms with Gasteiger partial charge in [0.15, 0.2) is 0 Å². The first kappa shape index (κ1) is 8.96. The van der Waals surface area contributed by atoms with Crippen molar-refractivity contribution in [1.29, 1.82) is 0 Å². The Balaban J connectivity index is 2.26. The Hall–Kier alpha value is -1.62. The van der Waals surface area contributed by atoms with Crippen LogP contribution in [0.4, 0.5) is 0 Å². The maximum absolute atomic E-state index is 5.74. The van der Waals surface area contributed by atoms with Gasteiger partial charge in [-0.25, -0.2) is 0 Å². The predicted molar refractivity (Wildman–Crippen MR) is 49.2 cm³/mol. The molecule has 1 unspecified atom stereocenters. The summed E-state index contributed by atoms with van der Waals surface area (Å²) in [7, 11) is 0. The molecule has 2 N–H and O–H groups in total. The minimum atomic E-state index is -0.192. The number of hydrogen-bond acceptors (Lipinski definition) is 5. The molecule has 0 aliphatic carbocycles. The van der Waals surface area contributed by atoms with Crippen molar-refractivity contribution in [3.8, 4) is 11.4 Å². The van der Waals surface area contributed by atoms with Crippen LogP contribution in [0.1, 0.15) is 25.3 Å². The molecule has 2 rings (SSSR count). The van der Waals surface area contributed by atoms with Crippen LogP contribution in [0.15, 0.2) is 27.5 Å². The largest absolute Gasteiger partial charge is 0.472 e. The molecular formula is C9H11N3O2. The highest BCUT2D eigenvalue weighted by molar-refractivity contribution is 5.51. The average Bonchev–Trinajstić information content (AvgIpc) is 2.86. The quantitative estimate of drug-likeness (QED) is 0.803. The van der Waals surface area contributed by atoms with Gasteiger partial charge in [0, 0.05) is 0 Å². The number of nitrogens with two attached hydrogens (primary N) is 1. The zero-order chi connectivity index (χ0) is 9.97. The van der Waals surface area contributed by atoms with Gasteiger partial charge in [-0.2, -0.15) is 4.98 Å². The Morgan fingerprint density at radius 2 is 2.43 bits per heavy atom. The fourth-order valence-electron chi connectivity index (χ4n) is 1.07. The third-order valence-corrected chi connectivity index (χ3v) is 1.98. The molecule has 14 heavy (non-hydrogen) atoms. The van der Waals surface area contributed by atoms with Crippen LogP contribution in [-0.2, 0) is 0 Å². The van der Waals surface area contributed by atoms with E-state index in [1.54, 1.807) is 18.6 Å². The van der Waals surface area contributed by atoms with Crippen LogP contribution in [0, 0.1) is 0 Å². The molecule has 0 aromatic carbocycles. The number of aromatic nitrogens is 2. The Labute approximate surface area is 80.9 Å². The van der Waals surface area contributed by atoms with Crippen molar-refractivity contribution in [3.05, 3.63) is 24.5 Å². The van der Waals surface area contributed by atoms with E-state index >= 15 is 0 Å². The normalized spacial score (nSPS) is 13.0. The van der Waals surface area contributed by atoms with Crippen LogP contribution >= 0.6 is 0 Å². The van der Waals surface area contributed by atoms with Crippen molar-refractivity contribution in [2.75, 3.05) is 0 Å². The van der Waals surface area contributed by atoms with Crippen molar-refractivity contribution in [2.45, 2.75) is 19.4 Å². The van der Waals surface area contributed by atoms with Gasteiger partial charge in [-0.05, 0) is 12.5 Å². The maximum atomic E-state index is 5.74. The standard InChI is InChI=1S/C9H11N3O2/c1-2-7(10)9-11-8(12-14-9)6-3-4-13-5-6/h3-5,7H,2,10H2,1H3. The van der Waals surface area contributed by atoms with Gasteiger partial charge in [0.25, 0.3) is 0 Å². The number of nitrogens with zero attached hydrogens (tertiary/aromatic N) is 2. The zero-order valence-corrected chi connectivity index (χ0v) is 7.80. The Morgan fingerprint density at radius 1 is 1.57 bits per heavy atom. The minimum Gasteiger partial charge on any atom is -0.472 e. The molecular weight excluding hydrogens is 182 g/mol. The van der Waals surface area contributed by atoms with E-state index in [2.05, 4.69) is 10.1 Å². The fourth-order valence-corrected chi connectivity index (χ4v) is 1.07. The highest BCUT2D eigenvalue weighted by Crippen LogP contribution is 2.18. The van der Waals surface area contributed by atoms with Gasteiger partial charge < -0.3 is 14.7 Å². The highest BCUT2D eigenvalue weighted by Gasteiger charge is 2.14. The summed E-state index contributed by atoms with van der Waals surface area (Å²) in [6.07, 6.45) is 3.89. The third kappa shape index (κ3) is 1.54. The molecule has 0 fully saturated rings. The van der Waals surface area contributed by atoms with Gasteiger partial charge in [-0.1, -0.05) is 12.1 Å². The molecule has 2 aromatic rings. The summed E-state index contributed by atoms with van der Waals surface area (Å²) in [6, 6.07) is 1.58. The molecule has 0 radical (unpaired) electrons. The van der Waals surface area contributed by atoms with Crippen LogP contribution in [-0.4, -0.2) is 10.1 Å². The van der Waals surface area contributed by atoms with E-state index in [0.29, 0.717) is 11.7 Å². The molecule has 5 nitrogen and oxygen atoms in total. The highest BCUT2D eigenvalue weighted by atomic mass is 16.5. The summed E-state index contributed by atoms with van der Waals surface area (Å²) in [6.45, 7) is 1.96. The molecule has 2 aromatic heterocycles. The summed E-state index contributed by atoms with van der Waals surface area (Å²) < 4.78 is 9.93. The van der Waals surface area contributed by atoms with E-state index in [9.17, 15) is 0 Å². The second-order valence-corrected chi connectivity index (χ2v) is 2.98. The Bertz CT molecular complexity index is 394. The topological polar surface area (TPSA) is 78.1 Å². The first-order chi connectivity index (χ1) is 6.81. The summed E-state index contributed by atoms with van der Waals surface area (Å²) in [5.74, 6) is 0.973. The SMILES string of the molecule is CCC(N)c1nc(-c2ccoc2)no1. The van der Waals surface area contributed by atoms with Crippen LogP contribution < -0.4 is 5.73 Å². The Morgan fingerprint density at radius 3 is 3.07 bits per heavy atom. The molecule has 0 saturated heterocycles. The molecule has 0 aliphatic heterocycles. The zero-order valence-electron chi connectivity index (χ0n) is 7.80. The molecule has 0 amide bonds. The van der Waals surface area contributed by atoms with Crippen molar-refractivity contribution in [3.63, 3.8) is 0 Å². The lowest BCUT2D eigenvalue weighted by Crippen LogP contribution is -2.08. The van der Waals surface area contributed by atoms with Gasteiger partial charge in [-0.15, -0.1) is 0 Å². The van der Waals surface area contributed by atoms with Crippen molar-refractivity contribution < 1.29 is 8.94 Å². The van der Waals surface area contributed by atoms with E-state index in [-0.39, 0.29) is 6.04 Å². The second kappa shape index (κ2) is 3.63. The van der Waals surface area contributed by atoms with Crippen molar-refractivity contribution in [1.82, 2.24) is 10.1 Å². The molecule has 0 saturated carbocycles. The van der Waals surface area contributed by atoms with Gasteiger partial charge in [-0.3, -0.25) is 0 Å². The van der Waals surface area contributed by atoms with Crippen LogP contribution in [0.25, 0.3) is 11.4 Å². The van der Waals surface area contributed by atoms with E-state index in [4.69, 9.17) is 14.7 Å². The van der Waals surface area contributed by atoms with Crippen LogP contribution in [0.2, 0.25) is 0 Å². The maximum Gasteiger partial charge on any atom is 0.243 e. The average molecular weight is 193 g/mol. The van der Waals surface area contributed by atoms with Crippen molar-refractivity contribution in [2.24, 2.45) is 5.73 Å². The summed E-state index contributed by atoms with van der Waals surface area (Å²) in [5, 5.41) is 3.80. The summed E-state index contributed by atoms with van der Waals surface area (Å²) in [5.41, 5.74) is 6.54. The first-order valence-electron chi connectivity index (χ1n) is 4.43. The molecule has 0 bridgehead atoms. The van der Waals surface area contributed by atoms with E-state index < -0.39 is 0 Å². The lowest BCUT2D eigenvalue weighted by atomic mass is 10.2. The molecule has 2 heterocycles. The van der Waals surface area contributed by atoms with Crippen LogP contribution in [0.5, 0.6) is 0 Å². The second-order valence-electron chi connectivity index (χ2n) is 2.98. The van der Waals surface area contributed by atoms with Crippen LogP contribution in [0.3, 0.4) is 0 Å². The molecule has 0 spiro atoms. The number of furan rings is 1. The van der Waals surface area contributed by atoms with Gasteiger partial charge in [0.05, 0.1) is 17.9 Å². The van der Waals surface area contributed by atoms with Gasteiger partial charge in [0.2, 0.25) is 11.7 Å². The predicted octanol–water partition coefficient (Wildman–Crippen LogP) is 1.74. The monoisotopic (exact) mass is 193 g/mol. The Kier molecular flexibility index (Phi) is 2.32. The van der Waals surface area contributed by atoms with E-state index in [1.807, 2.05) is 6.92 Å². The summed E-state index contributed by atoms with van der Waals surface area (Å²) >= 11 is 0. The third-order valence-electron chi connectivity index (χ3n) is 1.98. The fraction of sp³-hybridized carbons (Fsp3) is 0.333. The number of hydrogen-bond donors (Lipinski definition) is 1. The van der Waals surface area contributed by atoms with Gasteiger partial charge >= 0.3 is 0 Å². The molecule has 0 aliphatic rings. The lowest BCUT2D eigenvalue weighted by Gasteiger charge is -1.98. The van der Waals surface area contributed by atoms with Crippen molar-refractivity contribution >= 4 is 0 Å².